The molecule has 2 heterocycles. The van der Waals surface area contributed by atoms with Crippen LogP contribution in [0.5, 0.6) is 0 Å². The number of aromatic nitrogens is 4. The number of aryl methyl sites for hydroxylation is 2. The normalized spacial score (nSPS) is 11.9. The molecule has 11 heteroatoms. The molecule has 0 aliphatic heterocycles. The van der Waals surface area contributed by atoms with Gasteiger partial charge in [-0.15, -0.1) is 5.10 Å². The first-order valence-electron chi connectivity index (χ1n) is 7.32. The topological polar surface area (TPSA) is 86.2 Å². The van der Waals surface area contributed by atoms with Crippen LogP contribution in [0.1, 0.15) is 22.5 Å². The summed E-state index contributed by atoms with van der Waals surface area (Å²) in [5.74, 6) is 0.322. The Morgan fingerprint density at radius 2 is 1.88 bits per heavy atom. The van der Waals surface area contributed by atoms with Crippen LogP contribution in [-0.2, 0) is 6.18 Å². The van der Waals surface area contributed by atoms with Crippen molar-refractivity contribution in [1.82, 2.24) is 19.6 Å². The van der Waals surface area contributed by atoms with Crippen molar-refractivity contribution in [3.8, 4) is 0 Å². The van der Waals surface area contributed by atoms with Crippen molar-refractivity contribution < 1.29 is 18.1 Å². The van der Waals surface area contributed by atoms with Gasteiger partial charge in [0, 0.05) is 17.5 Å². The summed E-state index contributed by atoms with van der Waals surface area (Å²) in [4.78, 5) is 18.8. The van der Waals surface area contributed by atoms with Crippen LogP contribution in [0.2, 0.25) is 0 Å². The van der Waals surface area contributed by atoms with E-state index < -0.39 is 22.4 Å². The molecule has 136 valence electrons. The summed E-state index contributed by atoms with van der Waals surface area (Å²) in [6, 6.07) is 2.35. The van der Waals surface area contributed by atoms with Gasteiger partial charge in [-0.25, -0.2) is 9.50 Å². The third-order valence-electron chi connectivity index (χ3n) is 3.93. The van der Waals surface area contributed by atoms with Crippen LogP contribution in [0.15, 0.2) is 28.3 Å². The van der Waals surface area contributed by atoms with Crippen LogP contribution in [0.4, 0.5) is 18.9 Å². The smallest absolute Gasteiger partial charge is 0.258 e. The highest BCUT2D eigenvalue weighted by atomic mass is 32.2. The molecule has 3 aromatic rings. The third-order valence-corrected chi connectivity index (χ3v) is 4.85. The van der Waals surface area contributed by atoms with Crippen molar-refractivity contribution in [2.75, 3.05) is 0 Å². The molecule has 0 amide bonds. The lowest BCUT2D eigenvalue weighted by atomic mass is 10.2. The number of hydrogen-bond acceptors (Lipinski definition) is 6. The first kappa shape index (κ1) is 18.1. The molecule has 0 saturated carbocycles. The summed E-state index contributed by atoms with van der Waals surface area (Å²) < 4.78 is 39.9. The maximum atomic E-state index is 12.8. The minimum absolute atomic E-state index is 0.0185. The van der Waals surface area contributed by atoms with Gasteiger partial charge >= 0.3 is 6.18 Å². The average molecular weight is 383 g/mol. The Labute approximate surface area is 149 Å². The van der Waals surface area contributed by atoms with E-state index in [0.717, 1.165) is 40.8 Å². The summed E-state index contributed by atoms with van der Waals surface area (Å²) >= 11 is 0.816. The molecular weight excluding hydrogens is 371 g/mol. The van der Waals surface area contributed by atoms with E-state index in [9.17, 15) is 23.3 Å². The molecule has 0 fully saturated rings. The van der Waals surface area contributed by atoms with Crippen LogP contribution in [0.3, 0.4) is 0 Å². The van der Waals surface area contributed by atoms with Crippen molar-refractivity contribution in [1.29, 1.82) is 0 Å². The van der Waals surface area contributed by atoms with Gasteiger partial charge in [0.2, 0.25) is 5.16 Å². The summed E-state index contributed by atoms with van der Waals surface area (Å²) in [5.41, 5.74) is 0.786. The van der Waals surface area contributed by atoms with Crippen LogP contribution in [0, 0.1) is 30.9 Å². The number of alkyl halides is 3. The fraction of sp³-hybridized carbons (Fsp3) is 0.267. The number of hydrogen-bond donors (Lipinski definition) is 0. The fourth-order valence-electron chi connectivity index (χ4n) is 2.30. The molecule has 2 aromatic heterocycles. The summed E-state index contributed by atoms with van der Waals surface area (Å²) in [5, 5.41) is 15.6. The molecule has 3 rings (SSSR count). The second-order valence-electron chi connectivity index (χ2n) is 5.55. The minimum Gasteiger partial charge on any atom is -0.258 e. The zero-order valence-corrected chi connectivity index (χ0v) is 14.6. The molecule has 0 saturated heterocycles. The SMILES string of the molecule is Cc1nc2nc(Sc3ccc(C(F)(F)F)cc3[N+](=O)[O-])nn2c(C)c1C. The van der Waals surface area contributed by atoms with Crippen molar-refractivity contribution in [2.24, 2.45) is 0 Å². The Hall–Kier alpha value is -2.69. The minimum atomic E-state index is -4.66. The highest BCUT2D eigenvalue weighted by molar-refractivity contribution is 7.99. The molecule has 0 aliphatic carbocycles. The quantitative estimate of drug-likeness (QED) is 0.499. The second kappa shape index (κ2) is 6.24. The maximum Gasteiger partial charge on any atom is 0.416 e. The first-order valence-corrected chi connectivity index (χ1v) is 8.13. The molecular formula is C15H12F3N5O2S. The molecule has 0 aliphatic rings. The number of halogens is 3. The van der Waals surface area contributed by atoms with Gasteiger partial charge in [-0.05, 0) is 50.2 Å². The number of nitro benzene ring substituents is 1. The lowest BCUT2D eigenvalue weighted by Crippen LogP contribution is -2.05. The molecule has 0 unspecified atom stereocenters. The van der Waals surface area contributed by atoms with Gasteiger partial charge in [0.25, 0.3) is 11.5 Å². The zero-order valence-electron chi connectivity index (χ0n) is 13.8. The van der Waals surface area contributed by atoms with Gasteiger partial charge in [-0.3, -0.25) is 10.1 Å². The predicted molar refractivity (Wildman–Crippen MR) is 87.2 cm³/mol. The molecule has 7 nitrogen and oxygen atoms in total. The Morgan fingerprint density at radius 3 is 2.50 bits per heavy atom. The Morgan fingerprint density at radius 1 is 1.19 bits per heavy atom. The monoisotopic (exact) mass is 383 g/mol. The maximum absolute atomic E-state index is 12.8. The lowest BCUT2D eigenvalue weighted by molar-refractivity contribution is -0.388. The van der Waals surface area contributed by atoms with E-state index in [1.165, 1.54) is 4.52 Å². The van der Waals surface area contributed by atoms with E-state index in [1.807, 2.05) is 20.8 Å². The van der Waals surface area contributed by atoms with Crippen molar-refractivity contribution in [2.45, 2.75) is 37.0 Å². The largest absolute Gasteiger partial charge is 0.416 e. The third kappa shape index (κ3) is 3.21. The van der Waals surface area contributed by atoms with E-state index in [4.69, 9.17) is 0 Å². The van der Waals surface area contributed by atoms with Gasteiger partial charge in [0.15, 0.2) is 0 Å². The average Bonchev–Trinajstić information content (AvgIpc) is 2.94. The molecule has 0 radical (unpaired) electrons. The lowest BCUT2D eigenvalue weighted by Gasteiger charge is -2.07. The fourth-order valence-corrected chi connectivity index (χ4v) is 3.12. The Kier molecular flexibility index (Phi) is 4.34. The molecule has 0 atom stereocenters. The molecule has 1 aromatic carbocycles. The van der Waals surface area contributed by atoms with Gasteiger partial charge in [-0.2, -0.15) is 18.2 Å². The summed E-state index contributed by atoms with van der Waals surface area (Å²) in [6.45, 7) is 5.54. The van der Waals surface area contributed by atoms with Crippen LogP contribution in [0.25, 0.3) is 5.78 Å². The predicted octanol–water partition coefficient (Wildman–Crippen LogP) is 4.13. The number of nitrogens with zero attached hydrogens (tertiary/aromatic N) is 5. The van der Waals surface area contributed by atoms with E-state index in [-0.39, 0.29) is 10.1 Å². The molecule has 0 spiro atoms. The number of benzene rings is 1. The van der Waals surface area contributed by atoms with Crippen molar-refractivity contribution in [3.05, 3.63) is 50.8 Å². The van der Waals surface area contributed by atoms with Gasteiger partial charge < -0.3 is 0 Å². The number of fused-ring (bicyclic) bond motifs is 1. The summed E-state index contributed by atoms with van der Waals surface area (Å²) in [6.07, 6.45) is -4.66. The van der Waals surface area contributed by atoms with E-state index in [0.29, 0.717) is 11.8 Å². The second-order valence-corrected chi connectivity index (χ2v) is 6.56. The zero-order chi connectivity index (χ0) is 19.2. The van der Waals surface area contributed by atoms with Gasteiger partial charge in [0.05, 0.1) is 15.4 Å². The molecule has 0 N–H and O–H groups in total. The first-order chi connectivity index (χ1) is 12.1. The van der Waals surface area contributed by atoms with Crippen LogP contribution < -0.4 is 0 Å². The number of nitro groups is 1. The van der Waals surface area contributed by atoms with Gasteiger partial charge in [0.1, 0.15) is 0 Å². The highest BCUT2D eigenvalue weighted by Gasteiger charge is 2.33. The van der Waals surface area contributed by atoms with Crippen molar-refractivity contribution >= 4 is 23.2 Å². The standard InChI is InChI=1S/C15H12F3N5O2S/c1-7-8(2)19-13-20-14(21-22(13)9(7)3)26-12-5-4-10(15(16,17)18)6-11(12)23(24)25/h4-6H,1-3H3. The summed E-state index contributed by atoms with van der Waals surface area (Å²) in [7, 11) is 0. The van der Waals surface area contributed by atoms with Crippen LogP contribution in [-0.4, -0.2) is 24.5 Å². The molecule has 0 bridgehead atoms. The Bertz CT molecular complexity index is 1030. The van der Waals surface area contributed by atoms with Crippen LogP contribution >= 0.6 is 11.8 Å². The molecule has 26 heavy (non-hydrogen) atoms. The van der Waals surface area contributed by atoms with Gasteiger partial charge in [-0.1, -0.05) is 0 Å². The van der Waals surface area contributed by atoms with E-state index in [2.05, 4.69) is 15.1 Å². The Balaban J connectivity index is 2.05. The number of rotatable bonds is 3. The highest BCUT2D eigenvalue weighted by Crippen LogP contribution is 2.38. The van der Waals surface area contributed by atoms with Crippen molar-refractivity contribution in [3.63, 3.8) is 0 Å². The van der Waals surface area contributed by atoms with E-state index >= 15 is 0 Å². The van der Waals surface area contributed by atoms with E-state index in [1.54, 1.807) is 0 Å².